The highest BCUT2D eigenvalue weighted by atomic mass is 19.1. The first-order valence-electron chi connectivity index (χ1n) is 6.87. The average Bonchev–Trinajstić information content (AvgIpc) is 2.53. The van der Waals surface area contributed by atoms with Crippen LogP contribution in [0.15, 0.2) is 48.5 Å². The van der Waals surface area contributed by atoms with Gasteiger partial charge in [-0.05, 0) is 42.5 Å². The quantitative estimate of drug-likeness (QED) is 0.802. The van der Waals surface area contributed by atoms with Crippen molar-refractivity contribution in [2.45, 2.75) is 12.8 Å². The summed E-state index contributed by atoms with van der Waals surface area (Å²) in [4.78, 5) is 34.1. The van der Waals surface area contributed by atoms with E-state index in [4.69, 9.17) is 5.11 Å². The van der Waals surface area contributed by atoms with Crippen molar-refractivity contribution in [3.8, 4) is 0 Å². The molecule has 0 spiro atoms. The molecule has 2 N–H and O–H groups in total. The van der Waals surface area contributed by atoms with Crippen LogP contribution in [0.1, 0.15) is 33.6 Å². The van der Waals surface area contributed by atoms with Gasteiger partial charge < -0.3 is 10.4 Å². The van der Waals surface area contributed by atoms with E-state index < -0.39 is 17.7 Å². The molecule has 0 bridgehead atoms. The SMILES string of the molecule is O=C(O)CCC(=O)c1ccc(NC(=O)c2cccc(F)c2)cc1. The Morgan fingerprint density at radius 3 is 2.26 bits per heavy atom. The second-order valence-electron chi connectivity index (χ2n) is 4.86. The van der Waals surface area contributed by atoms with Crippen LogP contribution in [0, 0.1) is 5.82 Å². The predicted molar refractivity (Wildman–Crippen MR) is 82.0 cm³/mol. The number of hydrogen-bond donors (Lipinski definition) is 2. The summed E-state index contributed by atoms with van der Waals surface area (Å²) in [7, 11) is 0. The van der Waals surface area contributed by atoms with E-state index in [1.165, 1.54) is 42.5 Å². The fourth-order valence-electron chi connectivity index (χ4n) is 1.94. The number of hydrogen-bond acceptors (Lipinski definition) is 3. The third kappa shape index (κ3) is 4.74. The second kappa shape index (κ2) is 7.31. The monoisotopic (exact) mass is 315 g/mol. The molecule has 2 rings (SSSR count). The van der Waals surface area contributed by atoms with Crippen LogP contribution in [-0.2, 0) is 4.79 Å². The number of carboxylic acids is 1. The zero-order valence-electron chi connectivity index (χ0n) is 12.1. The summed E-state index contributed by atoms with van der Waals surface area (Å²) in [6.07, 6.45) is -0.304. The van der Waals surface area contributed by atoms with Gasteiger partial charge in [0, 0.05) is 23.2 Å². The molecule has 0 atom stereocenters. The number of ketones is 1. The van der Waals surface area contributed by atoms with Crippen molar-refractivity contribution in [2.75, 3.05) is 5.32 Å². The molecule has 5 nitrogen and oxygen atoms in total. The smallest absolute Gasteiger partial charge is 0.303 e. The zero-order chi connectivity index (χ0) is 16.8. The Labute approximate surface area is 131 Å². The molecule has 0 aromatic heterocycles. The third-order valence-corrected chi connectivity index (χ3v) is 3.12. The molecule has 0 saturated carbocycles. The van der Waals surface area contributed by atoms with Crippen LogP contribution in [0.4, 0.5) is 10.1 Å². The first-order valence-corrected chi connectivity index (χ1v) is 6.87. The summed E-state index contributed by atoms with van der Waals surface area (Å²) in [5.74, 6) is -2.28. The zero-order valence-corrected chi connectivity index (χ0v) is 12.1. The molecular weight excluding hydrogens is 301 g/mol. The van der Waals surface area contributed by atoms with Crippen molar-refractivity contribution >= 4 is 23.3 Å². The highest BCUT2D eigenvalue weighted by Crippen LogP contribution is 2.14. The Morgan fingerprint density at radius 2 is 1.65 bits per heavy atom. The molecule has 2 aromatic carbocycles. The van der Waals surface area contributed by atoms with Crippen molar-refractivity contribution < 1.29 is 23.9 Å². The summed E-state index contributed by atoms with van der Waals surface area (Å²) in [6, 6.07) is 11.4. The maximum absolute atomic E-state index is 13.1. The van der Waals surface area contributed by atoms with Crippen LogP contribution >= 0.6 is 0 Å². The number of rotatable bonds is 6. The molecule has 6 heteroatoms. The van der Waals surface area contributed by atoms with Crippen molar-refractivity contribution in [1.29, 1.82) is 0 Å². The molecule has 0 fully saturated rings. The van der Waals surface area contributed by atoms with Crippen molar-refractivity contribution in [3.05, 3.63) is 65.5 Å². The molecule has 1 amide bonds. The first kappa shape index (κ1) is 16.4. The van der Waals surface area contributed by atoms with E-state index in [0.29, 0.717) is 11.3 Å². The maximum Gasteiger partial charge on any atom is 0.303 e. The number of Topliss-reactive ketones (excluding diaryl/α,β-unsaturated/α-hetero) is 1. The molecule has 0 radical (unpaired) electrons. The van der Waals surface area contributed by atoms with E-state index in [-0.39, 0.29) is 24.2 Å². The van der Waals surface area contributed by atoms with E-state index in [2.05, 4.69) is 5.32 Å². The molecule has 0 unspecified atom stereocenters. The van der Waals surface area contributed by atoms with Gasteiger partial charge in [-0.3, -0.25) is 14.4 Å². The van der Waals surface area contributed by atoms with Gasteiger partial charge in [0.25, 0.3) is 5.91 Å². The van der Waals surface area contributed by atoms with Gasteiger partial charge in [-0.25, -0.2) is 4.39 Å². The lowest BCUT2D eigenvalue weighted by molar-refractivity contribution is -0.136. The van der Waals surface area contributed by atoms with Crippen LogP contribution in [-0.4, -0.2) is 22.8 Å². The highest BCUT2D eigenvalue weighted by molar-refractivity contribution is 6.04. The molecule has 0 aliphatic heterocycles. The molecule has 0 saturated heterocycles. The number of halogens is 1. The van der Waals surface area contributed by atoms with E-state index in [1.807, 2.05) is 0 Å². The number of amides is 1. The molecule has 0 aliphatic carbocycles. The van der Waals surface area contributed by atoms with Gasteiger partial charge in [-0.2, -0.15) is 0 Å². The molecule has 23 heavy (non-hydrogen) atoms. The second-order valence-corrected chi connectivity index (χ2v) is 4.86. The van der Waals surface area contributed by atoms with Gasteiger partial charge in [0.2, 0.25) is 0 Å². The van der Waals surface area contributed by atoms with Crippen LogP contribution in [0.5, 0.6) is 0 Å². The number of benzene rings is 2. The lowest BCUT2D eigenvalue weighted by Crippen LogP contribution is -2.12. The van der Waals surface area contributed by atoms with Gasteiger partial charge in [0.05, 0.1) is 6.42 Å². The molecule has 0 heterocycles. The fourth-order valence-corrected chi connectivity index (χ4v) is 1.94. The number of carbonyl (C=O) groups excluding carboxylic acids is 2. The minimum Gasteiger partial charge on any atom is -0.481 e. The number of anilines is 1. The summed E-state index contributed by atoms with van der Waals surface area (Å²) < 4.78 is 13.1. The number of nitrogens with one attached hydrogen (secondary N) is 1. The molecule has 2 aromatic rings. The summed E-state index contributed by atoms with van der Waals surface area (Å²) in [6.45, 7) is 0. The Kier molecular flexibility index (Phi) is 5.19. The Balaban J connectivity index is 2.01. The lowest BCUT2D eigenvalue weighted by Gasteiger charge is -2.06. The van der Waals surface area contributed by atoms with Crippen molar-refractivity contribution in [1.82, 2.24) is 0 Å². The third-order valence-electron chi connectivity index (χ3n) is 3.12. The Hall–Kier alpha value is -3.02. The molecule has 0 aliphatic rings. The van der Waals surface area contributed by atoms with E-state index in [9.17, 15) is 18.8 Å². The fraction of sp³-hybridized carbons (Fsp3) is 0.118. The summed E-state index contributed by atoms with van der Waals surface area (Å²) >= 11 is 0. The van der Waals surface area contributed by atoms with Crippen LogP contribution in [0.3, 0.4) is 0 Å². The average molecular weight is 315 g/mol. The van der Waals surface area contributed by atoms with Crippen molar-refractivity contribution in [2.24, 2.45) is 0 Å². The number of carbonyl (C=O) groups is 3. The Morgan fingerprint density at radius 1 is 0.957 bits per heavy atom. The van der Waals surface area contributed by atoms with E-state index in [0.717, 1.165) is 6.07 Å². The topological polar surface area (TPSA) is 83.5 Å². The van der Waals surface area contributed by atoms with Crippen molar-refractivity contribution in [3.63, 3.8) is 0 Å². The van der Waals surface area contributed by atoms with E-state index in [1.54, 1.807) is 0 Å². The molecular formula is C17H14FNO4. The van der Waals surface area contributed by atoms with Gasteiger partial charge in [-0.1, -0.05) is 6.07 Å². The summed E-state index contributed by atoms with van der Waals surface area (Å²) in [5, 5.41) is 11.1. The van der Waals surface area contributed by atoms with Crippen LogP contribution in [0.2, 0.25) is 0 Å². The van der Waals surface area contributed by atoms with Gasteiger partial charge in [0.1, 0.15) is 5.82 Å². The van der Waals surface area contributed by atoms with Gasteiger partial charge >= 0.3 is 5.97 Å². The van der Waals surface area contributed by atoms with E-state index >= 15 is 0 Å². The number of aliphatic carboxylic acids is 1. The lowest BCUT2D eigenvalue weighted by atomic mass is 10.1. The minimum absolute atomic E-state index is 0.0790. The maximum atomic E-state index is 13.1. The summed E-state index contributed by atoms with van der Waals surface area (Å²) in [5.41, 5.74) is 1.01. The number of carboxylic acid groups (broad SMARTS) is 1. The highest BCUT2D eigenvalue weighted by Gasteiger charge is 2.10. The largest absolute Gasteiger partial charge is 0.481 e. The Bertz CT molecular complexity index is 741. The minimum atomic E-state index is -1.03. The normalized spacial score (nSPS) is 10.1. The standard InChI is InChI=1S/C17H14FNO4/c18-13-3-1-2-12(10-13)17(23)19-14-6-4-11(5-7-14)15(20)8-9-16(21)22/h1-7,10H,8-9H2,(H,19,23)(H,21,22). The molecule has 118 valence electrons. The van der Waals surface area contributed by atoms with Crippen LogP contribution < -0.4 is 5.32 Å². The van der Waals surface area contributed by atoms with Crippen LogP contribution in [0.25, 0.3) is 0 Å². The van der Waals surface area contributed by atoms with Gasteiger partial charge in [0.15, 0.2) is 5.78 Å². The van der Waals surface area contributed by atoms with Gasteiger partial charge in [-0.15, -0.1) is 0 Å². The predicted octanol–water partition coefficient (Wildman–Crippen LogP) is 3.13. The first-order chi connectivity index (χ1) is 11.0.